The fraction of sp³-hybridized carbons (Fsp3) is 0.833. The van der Waals surface area contributed by atoms with Gasteiger partial charge in [-0.25, -0.2) is 10.7 Å². The first-order valence-electron chi connectivity index (χ1n) is 3.14. The van der Waals surface area contributed by atoms with E-state index in [0.29, 0.717) is 12.5 Å². The first kappa shape index (κ1) is 9.39. The highest BCUT2D eigenvalue weighted by Crippen LogP contribution is 1.92. The Kier molecular flexibility index (Phi) is 4.88. The molecular weight excluding hydrogens is 134 g/mol. The second-order valence-electron chi connectivity index (χ2n) is 2.39. The molecule has 2 N–H and O–H groups in total. The zero-order valence-corrected chi connectivity index (χ0v) is 6.29. The van der Waals surface area contributed by atoms with Crippen molar-refractivity contribution in [1.82, 2.24) is 0 Å². The minimum absolute atomic E-state index is 0.174. The smallest absolute Gasteiger partial charge is 0.334 e. The molecule has 0 atom stereocenters. The fourth-order valence-electron chi connectivity index (χ4n) is 0.369. The van der Waals surface area contributed by atoms with Crippen LogP contribution in [0.4, 0.5) is 0 Å². The lowest BCUT2D eigenvalue weighted by atomic mass is 10.2. The Morgan fingerprint density at radius 1 is 1.60 bits per heavy atom. The van der Waals surface area contributed by atoms with Gasteiger partial charge in [-0.05, 0) is 5.92 Å². The fourth-order valence-corrected chi connectivity index (χ4v) is 0.369. The molecule has 0 radical (unpaired) electrons. The largest absolute Gasteiger partial charge is 0.464 e. The molecule has 0 spiro atoms. The molecule has 0 aliphatic heterocycles. The quantitative estimate of drug-likeness (QED) is 0.451. The summed E-state index contributed by atoms with van der Waals surface area (Å²) >= 11 is 0. The summed E-state index contributed by atoms with van der Waals surface area (Å²) in [6.45, 7) is 4.15. The third-order valence-corrected chi connectivity index (χ3v) is 0.779. The summed E-state index contributed by atoms with van der Waals surface area (Å²) in [5.74, 6) is 4.56. The molecule has 0 aliphatic carbocycles. The Balaban J connectivity index is 3.22. The molecule has 0 rings (SSSR count). The third kappa shape index (κ3) is 5.53. The van der Waals surface area contributed by atoms with Crippen LogP contribution in [-0.4, -0.2) is 19.2 Å². The number of ether oxygens (including phenoxy) is 1. The SMILES string of the molecule is CC(C)COC(=O)CON. The highest BCUT2D eigenvalue weighted by molar-refractivity contribution is 5.70. The molecule has 0 amide bonds. The maximum Gasteiger partial charge on any atom is 0.334 e. The summed E-state index contributed by atoms with van der Waals surface area (Å²) in [5, 5.41) is 0. The standard InChI is InChI=1S/C6H13NO3/c1-5(2)3-9-6(8)4-10-7/h5H,3-4,7H2,1-2H3. The average molecular weight is 147 g/mol. The molecule has 4 nitrogen and oxygen atoms in total. The third-order valence-electron chi connectivity index (χ3n) is 0.779. The van der Waals surface area contributed by atoms with Gasteiger partial charge in [-0.1, -0.05) is 13.8 Å². The van der Waals surface area contributed by atoms with E-state index in [0.717, 1.165) is 0 Å². The zero-order valence-electron chi connectivity index (χ0n) is 6.29. The number of nitrogens with two attached hydrogens (primary N) is 1. The summed E-state index contributed by atoms with van der Waals surface area (Å²) in [4.78, 5) is 14.6. The van der Waals surface area contributed by atoms with Crippen LogP contribution in [0.5, 0.6) is 0 Å². The van der Waals surface area contributed by atoms with Crippen molar-refractivity contribution < 1.29 is 14.4 Å². The lowest BCUT2D eigenvalue weighted by molar-refractivity contribution is -0.150. The number of hydrogen-bond donors (Lipinski definition) is 1. The van der Waals surface area contributed by atoms with Crippen LogP contribution >= 0.6 is 0 Å². The topological polar surface area (TPSA) is 61.5 Å². The molecule has 0 aliphatic rings. The van der Waals surface area contributed by atoms with Gasteiger partial charge >= 0.3 is 5.97 Å². The molecule has 0 fully saturated rings. The summed E-state index contributed by atoms with van der Waals surface area (Å²) in [6, 6.07) is 0. The van der Waals surface area contributed by atoms with Crippen molar-refractivity contribution in [2.24, 2.45) is 11.8 Å². The summed E-state index contributed by atoms with van der Waals surface area (Å²) in [6.07, 6.45) is 0. The Labute approximate surface area is 60.2 Å². The molecule has 0 aromatic heterocycles. The number of esters is 1. The van der Waals surface area contributed by atoms with E-state index in [1.54, 1.807) is 0 Å². The van der Waals surface area contributed by atoms with E-state index >= 15 is 0 Å². The lowest BCUT2D eigenvalue weighted by Gasteiger charge is -2.05. The number of carbonyl (C=O) groups excluding carboxylic acids is 1. The van der Waals surface area contributed by atoms with Crippen LogP contribution in [-0.2, 0) is 14.4 Å². The minimum Gasteiger partial charge on any atom is -0.464 e. The van der Waals surface area contributed by atoms with E-state index in [-0.39, 0.29) is 6.61 Å². The van der Waals surface area contributed by atoms with Crippen molar-refractivity contribution in [2.75, 3.05) is 13.2 Å². The van der Waals surface area contributed by atoms with Gasteiger partial charge < -0.3 is 4.74 Å². The zero-order chi connectivity index (χ0) is 7.98. The number of hydrogen-bond acceptors (Lipinski definition) is 4. The van der Waals surface area contributed by atoms with E-state index in [1.165, 1.54) is 0 Å². The van der Waals surface area contributed by atoms with Crippen molar-refractivity contribution >= 4 is 5.97 Å². The highest BCUT2D eigenvalue weighted by Gasteiger charge is 2.02. The van der Waals surface area contributed by atoms with Gasteiger partial charge in [-0.15, -0.1) is 0 Å². The maximum absolute atomic E-state index is 10.5. The Morgan fingerprint density at radius 3 is 2.60 bits per heavy atom. The van der Waals surface area contributed by atoms with Crippen LogP contribution in [0.3, 0.4) is 0 Å². The van der Waals surface area contributed by atoms with Crippen molar-refractivity contribution in [3.63, 3.8) is 0 Å². The predicted octanol–water partition coefficient (Wildman–Crippen LogP) is 0.0759. The van der Waals surface area contributed by atoms with E-state index in [9.17, 15) is 4.79 Å². The van der Waals surface area contributed by atoms with Crippen molar-refractivity contribution in [3.05, 3.63) is 0 Å². The lowest BCUT2D eigenvalue weighted by Crippen LogP contribution is -2.17. The van der Waals surface area contributed by atoms with Gasteiger partial charge in [0, 0.05) is 0 Å². The van der Waals surface area contributed by atoms with Crippen LogP contribution in [0.25, 0.3) is 0 Å². The minimum atomic E-state index is -0.420. The van der Waals surface area contributed by atoms with Crippen LogP contribution < -0.4 is 5.90 Å². The Morgan fingerprint density at radius 2 is 2.20 bits per heavy atom. The van der Waals surface area contributed by atoms with E-state index in [4.69, 9.17) is 4.74 Å². The van der Waals surface area contributed by atoms with Gasteiger partial charge in [0.2, 0.25) is 0 Å². The molecule has 0 saturated heterocycles. The normalized spacial score (nSPS) is 10.0. The molecule has 0 heterocycles. The molecule has 0 aromatic carbocycles. The number of rotatable bonds is 4. The Bertz CT molecular complexity index is 103. The second-order valence-corrected chi connectivity index (χ2v) is 2.39. The van der Waals surface area contributed by atoms with Crippen molar-refractivity contribution in [3.8, 4) is 0 Å². The van der Waals surface area contributed by atoms with Gasteiger partial charge in [0.1, 0.15) is 0 Å². The predicted molar refractivity (Wildman–Crippen MR) is 35.9 cm³/mol. The maximum atomic E-state index is 10.5. The van der Waals surface area contributed by atoms with Crippen molar-refractivity contribution in [1.29, 1.82) is 0 Å². The monoisotopic (exact) mass is 147 g/mol. The van der Waals surface area contributed by atoms with Crippen LogP contribution in [0.2, 0.25) is 0 Å². The molecule has 0 aromatic rings. The van der Waals surface area contributed by atoms with Gasteiger partial charge in [0.25, 0.3) is 0 Å². The van der Waals surface area contributed by atoms with Gasteiger partial charge in [-0.3, -0.25) is 4.84 Å². The first-order valence-corrected chi connectivity index (χ1v) is 3.14. The van der Waals surface area contributed by atoms with Gasteiger partial charge in [-0.2, -0.15) is 0 Å². The van der Waals surface area contributed by atoms with E-state index in [2.05, 4.69) is 10.7 Å². The first-order chi connectivity index (χ1) is 4.66. The number of carbonyl (C=O) groups is 1. The molecular formula is C6H13NO3. The van der Waals surface area contributed by atoms with Crippen LogP contribution in [0.15, 0.2) is 0 Å². The van der Waals surface area contributed by atoms with E-state index < -0.39 is 5.97 Å². The molecule has 4 heteroatoms. The molecule has 10 heavy (non-hydrogen) atoms. The molecule has 60 valence electrons. The van der Waals surface area contributed by atoms with Crippen LogP contribution in [0.1, 0.15) is 13.8 Å². The summed E-state index contributed by atoms with van der Waals surface area (Å²) in [5.41, 5.74) is 0. The Hall–Kier alpha value is -0.610. The molecule has 0 unspecified atom stereocenters. The highest BCUT2D eigenvalue weighted by atomic mass is 16.6. The average Bonchev–Trinajstić information content (AvgIpc) is 1.85. The van der Waals surface area contributed by atoms with Crippen molar-refractivity contribution in [2.45, 2.75) is 13.8 Å². The van der Waals surface area contributed by atoms with Gasteiger partial charge in [0.15, 0.2) is 6.61 Å². The molecule has 0 bridgehead atoms. The van der Waals surface area contributed by atoms with Crippen LogP contribution in [0, 0.1) is 5.92 Å². The van der Waals surface area contributed by atoms with E-state index in [1.807, 2.05) is 13.8 Å². The summed E-state index contributed by atoms with van der Waals surface area (Å²) in [7, 11) is 0. The van der Waals surface area contributed by atoms with Gasteiger partial charge in [0.05, 0.1) is 6.61 Å². The summed E-state index contributed by atoms with van der Waals surface area (Å²) < 4.78 is 4.70. The second kappa shape index (κ2) is 5.20. The molecule has 0 saturated carbocycles.